The van der Waals surface area contributed by atoms with Crippen molar-refractivity contribution >= 4 is 5.97 Å². The van der Waals surface area contributed by atoms with Crippen LogP contribution in [0, 0.1) is 0 Å². The zero-order valence-corrected chi connectivity index (χ0v) is 11.3. The normalized spacial score (nSPS) is 24.6. The standard InChI is InChI=1S/C12H24N2O3/c1-5-13-12(2,11(15)17-4)9-14-7-6-10(8-14)16-3/h10,13H,5-9H2,1-4H3. The molecule has 0 spiro atoms. The average Bonchev–Trinajstić information content (AvgIpc) is 2.75. The van der Waals surface area contributed by atoms with E-state index in [2.05, 4.69) is 10.2 Å². The first-order chi connectivity index (χ1) is 8.05. The summed E-state index contributed by atoms with van der Waals surface area (Å²) in [5, 5.41) is 3.21. The number of nitrogens with one attached hydrogen (secondary N) is 1. The summed E-state index contributed by atoms with van der Waals surface area (Å²) < 4.78 is 10.2. The molecular formula is C12H24N2O3. The maximum Gasteiger partial charge on any atom is 0.327 e. The summed E-state index contributed by atoms with van der Waals surface area (Å²) in [6.07, 6.45) is 1.32. The van der Waals surface area contributed by atoms with Gasteiger partial charge in [-0.25, -0.2) is 0 Å². The molecule has 0 bridgehead atoms. The number of likely N-dealkylation sites (N-methyl/N-ethyl adjacent to an activating group) is 1. The van der Waals surface area contributed by atoms with Crippen molar-refractivity contribution in [3.05, 3.63) is 0 Å². The Hall–Kier alpha value is -0.650. The molecule has 1 saturated heterocycles. The van der Waals surface area contributed by atoms with Gasteiger partial charge < -0.3 is 14.8 Å². The van der Waals surface area contributed by atoms with Crippen LogP contribution in [0.4, 0.5) is 0 Å². The van der Waals surface area contributed by atoms with E-state index in [0.717, 1.165) is 26.1 Å². The summed E-state index contributed by atoms with van der Waals surface area (Å²) in [6.45, 7) is 7.14. The largest absolute Gasteiger partial charge is 0.468 e. The Labute approximate surface area is 103 Å². The Morgan fingerprint density at radius 2 is 2.24 bits per heavy atom. The second-order valence-corrected chi connectivity index (χ2v) is 4.74. The maximum absolute atomic E-state index is 11.8. The monoisotopic (exact) mass is 244 g/mol. The number of carbonyl (C=O) groups is 1. The molecule has 1 rings (SSSR count). The van der Waals surface area contributed by atoms with Gasteiger partial charge in [0.1, 0.15) is 5.54 Å². The number of carbonyl (C=O) groups excluding carboxylic acids is 1. The fourth-order valence-corrected chi connectivity index (χ4v) is 2.39. The van der Waals surface area contributed by atoms with E-state index in [-0.39, 0.29) is 5.97 Å². The second-order valence-electron chi connectivity index (χ2n) is 4.74. The molecular weight excluding hydrogens is 220 g/mol. The number of esters is 1. The Balaban J connectivity index is 2.58. The first-order valence-corrected chi connectivity index (χ1v) is 6.14. The summed E-state index contributed by atoms with van der Waals surface area (Å²) in [5.74, 6) is -0.208. The van der Waals surface area contributed by atoms with Crippen LogP contribution in [0.5, 0.6) is 0 Å². The van der Waals surface area contributed by atoms with E-state index >= 15 is 0 Å². The smallest absolute Gasteiger partial charge is 0.327 e. The topological polar surface area (TPSA) is 50.8 Å². The fourth-order valence-electron chi connectivity index (χ4n) is 2.39. The Kier molecular flexibility index (Phi) is 5.36. The van der Waals surface area contributed by atoms with E-state index in [9.17, 15) is 4.79 Å². The number of nitrogens with zero attached hydrogens (tertiary/aromatic N) is 1. The van der Waals surface area contributed by atoms with Gasteiger partial charge in [0.25, 0.3) is 0 Å². The Bertz CT molecular complexity index is 260. The molecule has 0 amide bonds. The highest BCUT2D eigenvalue weighted by Gasteiger charge is 2.37. The van der Waals surface area contributed by atoms with E-state index in [1.165, 1.54) is 7.11 Å². The van der Waals surface area contributed by atoms with E-state index in [1.54, 1.807) is 7.11 Å². The van der Waals surface area contributed by atoms with Crippen LogP contribution in [-0.2, 0) is 14.3 Å². The maximum atomic E-state index is 11.8. The minimum absolute atomic E-state index is 0.208. The molecule has 1 aliphatic rings. The van der Waals surface area contributed by atoms with Crippen molar-refractivity contribution in [3.8, 4) is 0 Å². The molecule has 2 unspecified atom stereocenters. The zero-order chi connectivity index (χ0) is 12.9. The van der Waals surface area contributed by atoms with E-state index in [1.807, 2.05) is 13.8 Å². The van der Waals surface area contributed by atoms with E-state index < -0.39 is 5.54 Å². The van der Waals surface area contributed by atoms with Crippen LogP contribution < -0.4 is 5.32 Å². The second kappa shape index (κ2) is 6.33. The molecule has 1 aliphatic heterocycles. The average molecular weight is 244 g/mol. The van der Waals surface area contributed by atoms with Crippen molar-refractivity contribution in [2.24, 2.45) is 0 Å². The molecule has 5 heteroatoms. The lowest BCUT2D eigenvalue weighted by molar-refractivity contribution is -0.148. The number of likely N-dealkylation sites (tertiary alicyclic amines) is 1. The van der Waals surface area contributed by atoms with Crippen LogP contribution in [-0.4, -0.2) is 62.9 Å². The third kappa shape index (κ3) is 3.66. The van der Waals surface area contributed by atoms with Crippen LogP contribution in [0.25, 0.3) is 0 Å². The van der Waals surface area contributed by atoms with E-state index in [4.69, 9.17) is 9.47 Å². The molecule has 5 nitrogen and oxygen atoms in total. The van der Waals surface area contributed by atoms with Gasteiger partial charge in [-0.3, -0.25) is 9.69 Å². The van der Waals surface area contributed by atoms with Crippen LogP contribution in [0.15, 0.2) is 0 Å². The summed E-state index contributed by atoms with van der Waals surface area (Å²) in [5.41, 5.74) is -0.633. The molecule has 100 valence electrons. The third-order valence-electron chi connectivity index (χ3n) is 3.31. The molecule has 2 atom stereocenters. The van der Waals surface area contributed by atoms with Crippen LogP contribution >= 0.6 is 0 Å². The first-order valence-electron chi connectivity index (χ1n) is 6.14. The molecule has 0 aromatic carbocycles. The third-order valence-corrected chi connectivity index (χ3v) is 3.31. The minimum Gasteiger partial charge on any atom is -0.468 e. The Morgan fingerprint density at radius 3 is 2.71 bits per heavy atom. The highest BCUT2D eigenvalue weighted by Crippen LogP contribution is 2.16. The van der Waals surface area contributed by atoms with Crippen molar-refractivity contribution in [1.29, 1.82) is 0 Å². The van der Waals surface area contributed by atoms with Gasteiger partial charge in [-0.2, -0.15) is 0 Å². The number of ether oxygens (including phenoxy) is 2. The summed E-state index contributed by atoms with van der Waals surface area (Å²) in [4.78, 5) is 14.1. The Morgan fingerprint density at radius 1 is 1.53 bits per heavy atom. The summed E-state index contributed by atoms with van der Waals surface area (Å²) in [6, 6.07) is 0. The highest BCUT2D eigenvalue weighted by atomic mass is 16.5. The number of rotatable bonds is 6. The van der Waals surface area contributed by atoms with Gasteiger partial charge in [0.05, 0.1) is 13.2 Å². The van der Waals surface area contributed by atoms with Gasteiger partial charge in [-0.15, -0.1) is 0 Å². The minimum atomic E-state index is -0.633. The van der Waals surface area contributed by atoms with Gasteiger partial charge in [0, 0.05) is 26.7 Å². The van der Waals surface area contributed by atoms with Gasteiger partial charge >= 0.3 is 5.97 Å². The predicted octanol–water partition coefficient (Wildman–Crippen LogP) is 0.248. The number of hydrogen-bond acceptors (Lipinski definition) is 5. The first kappa shape index (κ1) is 14.4. The van der Waals surface area contributed by atoms with Gasteiger partial charge in [-0.05, 0) is 19.9 Å². The lowest BCUT2D eigenvalue weighted by Crippen LogP contribution is -2.57. The van der Waals surface area contributed by atoms with Crippen LogP contribution in [0.2, 0.25) is 0 Å². The van der Waals surface area contributed by atoms with Crippen molar-refractivity contribution in [3.63, 3.8) is 0 Å². The lowest BCUT2D eigenvalue weighted by Gasteiger charge is -2.31. The molecule has 0 aliphatic carbocycles. The molecule has 0 saturated carbocycles. The van der Waals surface area contributed by atoms with Crippen LogP contribution in [0.3, 0.4) is 0 Å². The molecule has 1 fully saturated rings. The number of hydrogen-bond donors (Lipinski definition) is 1. The number of methoxy groups -OCH3 is 2. The highest BCUT2D eigenvalue weighted by molar-refractivity contribution is 5.80. The van der Waals surface area contributed by atoms with Gasteiger partial charge in [-0.1, -0.05) is 6.92 Å². The van der Waals surface area contributed by atoms with Crippen molar-refractivity contribution in [1.82, 2.24) is 10.2 Å². The van der Waals surface area contributed by atoms with Crippen molar-refractivity contribution in [2.75, 3.05) is 40.4 Å². The lowest BCUT2D eigenvalue weighted by atomic mass is 10.0. The molecule has 0 aromatic rings. The van der Waals surface area contributed by atoms with E-state index in [0.29, 0.717) is 12.6 Å². The quantitative estimate of drug-likeness (QED) is 0.679. The molecule has 1 N–H and O–H groups in total. The zero-order valence-electron chi connectivity index (χ0n) is 11.3. The van der Waals surface area contributed by atoms with Gasteiger partial charge in [0.15, 0.2) is 0 Å². The summed E-state index contributed by atoms with van der Waals surface area (Å²) >= 11 is 0. The fraction of sp³-hybridized carbons (Fsp3) is 0.917. The summed E-state index contributed by atoms with van der Waals surface area (Å²) in [7, 11) is 3.16. The van der Waals surface area contributed by atoms with Crippen LogP contribution in [0.1, 0.15) is 20.3 Å². The predicted molar refractivity (Wildman–Crippen MR) is 66.0 cm³/mol. The van der Waals surface area contributed by atoms with Crippen molar-refractivity contribution < 1.29 is 14.3 Å². The van der Waals surface area contributed by atoms with Crippen molar-refractivity contribution in [2.45, 2.75) is 31.9 Å². The van der Waals surface area contributed by atoms with Gasteiger partial charge in [0.2, 0.25) is 0 Å². The molecule has 1 heterocycles. The molecule has 17 heavy (non-hydrogen) atoms. The molecule has 0 aromatic heterocycles. The SMILES string of the molecule is CCNC(C)(CN1CCC(OC)C1)C(=O)OC. The molecule has 0 radical (unpaired) electrons.